The van der Waals surface area contributed by atoms with Crippen molar-refractivity contribution in [1.29, 1.82) is 0 Å². The van der Waals surface area contributed by atoms with E-state index in [0.717, 1.165) is 24.3 Å². The molecule has 1 unspecified atom stereocenters. The lowest BCUT2D eigenvalue weighted by atomic mass is 9.74. The smallest absolute Gasteiger partial charge is 0.223 e. The molecular weight excluding hydrogens is 429 g/mol. The molecule has 0 bridgehead atoms. The summed E-state index contributed by atoms with van der Waals surface area (Å²) in [5.74, 6) is 1.22. The highest BCUT2D eigenvalue weighted by Gasteiger charge is 2.57. The fraction of sp³-hybridized carbons (Fsp3) is 0.400. The average Bonchev–Trinajstić information content (AvgIpc) is 2.96. The number of carbonyl (C=O) groups excluding carboxylic acids is 1. The molecule has 6 heteroatoms. The first-order valence-electron chi connectivity index (χ1n) is 10.8. The molecule has 0 aromatic heterocycles. The second-order valence-electron chi connectivity index (χ2n) is 8.65. The number of hydrogen-bond acceptors (Lipinski definition) is 3. The van der Waals surface area contributed by atoms with Crippen molar-refractivity contribution in [2.75, 3.05) is 41.2 Å². The Morgan fingerprint density at radius 2 is 1.74 bits per heavy atom. The lowest BCUT2D eigenvalue weighted by molar-refractivity contribution is -0.124. The number of rotatable bonds is 7. The molecule has 1 N–H and O–H groups in total. The van der Waals surface area contributed by atoms with E-state index in [1.165, 1.54) is 11.3 Å². The van der Waals surface area contributed by atoms with Crippen LogP contribution in [-0.2, 0) is 10.2 Å². The molecule has 2 aliphatic rings. The van der Waals surface area contributed by atoms with Crippen LogP contribution in [0.5, 0.6) is 0 Å². The second-order valence-corrected chi connectivity index (χ2v) is 9.40. The van der Waals surface area contributed by atoms with Gasteiger partial charge in [-0.2, -0.15) is 0 Å². The van der Waals surface area contributed by atoms with Crippen molar-refractivity contribution in [3.8, 4) is 0 Å². The molecule has 1 amide bonds. The number of carbonyl (C=O) groups is 1. The maximum absolute atomic E-state index is 12.5. The van der Waals surface area contributed by atoms with Gasteiger partial charge in [0.2, 0.25) is 5.91 Å². The Bertz CT molecular complexity index is 967. The van der Waals surface area contributed by atoms with Gasteiger partial charge in [0.1, 0.15) is 5.66 Å². The van der Waals surface area contributed by atoms with E-state index in [1.54, 1.807) is 0 Å². The number of hydrogen-bond donors (Lipinski definition) is 1. The first kappa shape index (κ1) is 22.0. The van der Waals surface area contributed by atoms with Crippen molar-refractivity contribution in [2.45, 2.75) is 31.3 Å². The van der Waals surface area contributed by atoms with Gasteiger partial charge in [0.15, 0.2) is 0 Å². The number of nitrogens with zero attached hydrogens (tertiary/aromatic N) is 2. The first-order valence-corrected chi connectivity index (χ1v) is 11.8. The van der Waals surface area contributed by atoms with Gasteiger partial charge in [-0.3, -0.25) is 4.79 Å². The van der Waals surface area contributed by atoms with Crippen LogP contribution in [0.1, 0.15) is 31.4 Å². The number of halogens is 2. The summed E-state index contributed by atoms with van der Waals surface area (Å²) in [6.45, 7) is 6.66. The van der Waals surface area contributed by atoms with Gasteiger partial charge in [0.05, 0.1) is 0 Å². The van der Waals surface area contributed by atoms with Crippen molar-refractivity contribution in [1.82, 2.24) is 5.32 Å². The largest absolute Gasteiger partial charge is 0.369 e. The minimum absolute atomic E-state index is 0.0925. The van der Waals surface area contributed by atoms with Crippen molar-refractivity contribution < 1.29 is 4.79 Å². The first-order chi connectivity index (χ1) is 14.9. The third kappa shape index (κ3) is 3.81. The molecule has 2 aromatic carbocycles. The summed E-state index contributed by atoms with van der Waals surface area (Å²) in [5.41, 5.74) is 3.79. The summed E-state index contributed by atoms with van der Waals surface area (Å²) in [6.07, 6.45) is 4.78. The Hall–Kier alpha value is -2.17. The normalized spacial score (nSPS) is 21.7. The number of nitrogens with one attached hydrogen (secondary N) is 1. The monoisotopic (exact) mass is 457 g/mol. The molecule has 0 radical (unpaired) electrons. The van der Waals surface area contributed by atoms with E-state index in [9.17, 15) is 4.79 Å². The third-order valence-corrected chi connectivity index (χ3v) is 6.96. The molecule has 31 heavy (non-hydrogen) atoms. The van der Waals surface area contributed by atoms with Gasteiger partial charge in [0.25, 0.3) is 0 Å². The Morgan fingerprint density at radius 3 is 2.42 bits per heavy atom. The van der Waals surface area contributed by atoms with Crippen LogP contribution >= 0.6 is 23.2 Å². The number of alkyl halides is 2. The summed E-state index contributed by atoms with van der Waals surface area (Å²) in [6, 6.07) is 16.9. The zero-order valence-corrected chi connectivity index (χ0v) is 19.6. The number of benzene rings is 2. The standard InChI is InChI=1S/C25H29Cl2N3O/c1-24(2)21-5-3-4-6-22(21)30-16-12-23(31)28-25(24,30)13-11-19-7-9-20(10-8-19)29(17-14-26)18-15-27/h3-11,13H,12,14-18H2,1-2H3,(H,28,31)/b13-11+. The molecule has 2 aromatic rings. The van der Waals surface area contributed by atoms with Gasteiger partial charge in [0, 0.05) is 54.6 Å². The molecule has 2 aliphatic heterocycles. The summed E-state index contributed by atoms with van der Waals surface area (Å²) in [4.78, 5) is 17.0. The minimum atomic E-state index is -0.589. The van der Waals surface area contributed by atoms with E-state index in [2.05, 4.69) is 89.6 Å². The highest BCUT2D eigenvalue weighted by atomic mass is 35.5. The molecule has 4 rings (SSSR count). The lowest BCUT2D eigenvalue weighted by Gasteiger charge is -2.49. The highest BCUT2D eigenvalue weighted by Crippen LogP contribution is 2.52. The van der Waals surface area contributed by atoms with Crippen LogP contribution in [0.4, 0.5) is 11.4 Å². The van der Waals surface area contributed by atoms with E-state index in [0.29, 0.717) is 24.7 Å². The predicted molar refractivity (Wildman–Crippen MR) is 131 cm³/mol. The fourth-order valence-corrected chi connectivity index (χ4v) is 5.31. The van der Waals surface area contributed by atoms with Crippen molar-refractivity contribution in [3.05, 3.63) is 65.7 Å². The Labute approximate surface area is 194 Å². The number of fused-ring (bicyclic) bond motifs is 3. The van der Waals surface area contributed by atoms with Gasteiger partial charge >= 0.3 is 0 Å². The van der Waals surface area contributed by atoms with Crippen LogP contribution in [0.15, 0.2) is 54.6 Å². The molecule has 4 nitrogen and oxygen atoms in total. The van der Waals surface area contributed by atoms with Gasteiger partial charge in [-0.15, -0.1) is 23.2 Å². The van der Waals surface area contributed by atoms with Gasteiger partial charge in [-0.1, -0.05) is 50.3 Å². The van der Waals surface area contributed by atoms with E-state index in [4.69, 9.17) is 23.2 Å². The number of anilines is 2. The van der Waals surface area contributed by atoms with Crippen LogP contribution in [0, 0.1) is 0 Å². The zero-order valence-electron chi connectivity index (χ0n) is 18.1. The zero-order chi connectivity index (χ0) is 22.1. The molecule has 1 atom stereocenters. The molecule has 2 heterocycles. The molecular formula is C25H29Cl2N3O. The van der Waals surface area contributed by atoms with Gasteiger partial charge in [-0.05, 0) is 35.4 Å². The van der Waals surface area contributed by atoms with Gasteiger partial charge in [-0.25, -0.2) is 0 Å². The topological polar surface area (TPSA) is 35.6 Å². The molecule has 0 saturated carbocycles. The number of amides is 1. The highest BCUT2D eigenvalue weighted by molar-refractivity contribution is 6.18. The lowest BCUT2D eigenvalue weighted by Crippen LogP contribution is -2.68. The molecule has 164 valence electrons. The van der Waals surface area contributed by atoms with Crippen molar-refractivity contribution in [3.63, 3.8) is 0 Å². The number of para-hydroxylation sites is 1. The third-order valence-electron chi connectivity index (χ3n) is 6.62. The average molecular weight is 458 g/mol. The van der Waals surface area contributed by atoms with Crippen molar-refractivity contribution >= 4 is 46.6 Å². The van der Waals surface area contributed by atoms with E-state index in [1.807, 2.05) is 0 Å². The predicted octanol–water partition coefficient (Wildman–Crippen LogP) is 5.00. The molecule has 0 aliphatic carbocycles. The van der Waals surface area contributed by atoms with Crippen LogP contribution in [-0.4, -0.2) is 43.0 Å². The Morgan fingerprint density at radius 1 is 1.06 bits per heavy atom. The Balaban J connectivity index is 1.66. The quantitative estimate of drug-likeness (QED) is 0.594. The van der Waals surface area contributed by atoms with E-state index in [-0.39, 0.29) is 11.3 Å². The second kappa shape index (κ2) is 8.76. The molecule has 1 fully saturated rings. The van der Waals surface area contributed by atoms with Gasteiger partial charge < -0.3 is 15.1 Å². The maximum atomic E-state index is 12.5. The van der Waals surface area contributed by atoms with Crippen LogP contribution in [0.25, 0.3) is 6.08 Å². The molecule has 0 spiro atoms. The summed E-state index contributed by atoms with van der Waals surface area (Å²) < 4.78 is 0. The summed E-state index contributed by atoms with van der Waals surface area (Å²) in [7, 11) is 0. The van der Waals surface area contributed by atoms with Crippen molar-refractivity contribution in [2.24, 2.45) is 0 Å². The SMILES string of the molecule is CC1(C)c2ccccc2N2CCC(=O)NC21/C=C/c1ccc(N(CCCl)CCCl)cc1. The van der Waals surface area contributed by atoms with Crippen LogP contribution in [0.3, 0.4) is 0 Å². The summed E-state index contributed by atoms with van der Waals surface area (Å²) in [5, 5.41) is 3.33. The summed E-state index contributed by atoms with van der Waals surface area (Å²) >= 11 is 11.9. The van der Waals surface area contributed by atoms with E-state index < -0.39 is 5.66 Å². The van der Waals surface area contributed by atoms with E-state index >= 15 is 0 Å². The fourth-order valence-electron chi connectivity index (χ4n) is 4.91. The van der Waals surface area contributed by atoms with Crippen LogP contribution in [0.2, 0.25) is 0 Å². The maximum Gasteiger partial charge on any atom is 0.223 e. The Kier molecular flexibility index (Phi) is 6.23. The molecule has 1 saturated heterocycles. The minimum Gasteiger partial charge on any atom is -0.369 e. The van der Waals surface area contributed by atoms with Crippen LogP contribution < -0.4 is 15.1 Å².